The average molecular weight is 228 g/mol. The molecule has 0 saturated heterocycles. The Kier molecular flexibility index (Phi) is 4.62. The lowest BCUT2D eigenvalue weighted by molar-refractivity contribution is -0.116. The van der Waals surface area contributed by atoms with Crippen LogP contribution in [0.15, 0.2) is 29.2 Å². The molecule has 0 bridgehead atoms. The predicted molar refractivity (Wildman–Crippen MR) is 57.6 cm³/mol. The highest BCUT2D eigenvalue weighted by atomic mass is 32.2. The Labute approximate surface area is 91.0 Å². The zero-order valence-corrected chi connectivity index (χ0v) is 9.35. The minimum Gasteiger partial charge on any atom is -0.299 e. The molecular weight excluding hydrogens is 215 g/mol. The van der Waals surface area contributed by atoms with Crippen molar-refractivity contribution >= 4 is 16.6 Å². The molecule has 0 fully saturated rings. The second kappa shape index (κ2) is 5.75. The van der Waals surface area contributed by atoms with Crippen molar-refractivity contribution in [1.82, 2.24) is 0 Å². The molecule has 4 heteroatoms. The van der Waals surface area contributed by atoms with E-state index in [9.17, 15) is 13.4 Å². The van der Waals surface area contributed by atoms with Crippen LogP contribution in [-0.2, 0) is 15.6 Å². The molecule has 1 aromatic rings. The van der Waals surface area contributed by atoms with E-state index in [0.29, 0.717) is 11.3 Å². The van der Waals surface area contributed by atoms with Gasteiger partial charge >= 0.3 is 0 Å². The fourth-order valence-electron chi connectivity index (χ4n) is 1.17. The highest BCUT2D eigenvalue weighted by Crippen LogP contribution is 2.08. The van der Waals surface area contributed by atoms with Crippen LogP contribution in [0.2, 0.25) is 0 Å². The van der Waals surface area contributed by atoms with E-state index in [0.717, 1.165) is 6.42 Å². The minimum atomic E-state index is -1.34. The first kappa shape index (κ1) is 12.0. The molecule has 0 aliphatic heterocycles. The molecular formula is C11H13FO2S. The summed E-state index contributed by atoms with van der Waals surface area (Å²) >= 11 is 0. The number of benzene rings is 1. The summed E-state index contributed by atoms with van der Waals surface area (Å²) in [6.45, 7) is 1.90. The van der Waals surface area contributed by atoms with Crippen molar-refractivity contribution in [2.45, 2.75) is 24.7 Å². The van der Waals surface area contributed by atoms with Crippen molar-refractivity contribution in [1.29, 1.82) is 0 Å². The fraction of sp³-hybridized carbons (Fsp3) is 0.364. The molecule has 0 amide bonds. The van der Waals surface area contributed by atoms with E-state index in [1.54, 1.807) is 0 Å². The van der Waals surface area contributed by atoms with Gasteiger partial charge in [-0.2, -0.15) is 0 Å². The van der Waals surface area contributed by atoms with Crippen LogP contribution in [0.3, 0.4) is 0 Å². The number of hydrogen-bond acceptors (Lipinski definition) is 2. The second-order valence-corrected chi connectivity index (χ2v) is 4.68. The summed E-state index contributed by atoms with van der Waals surface area (Å²) in [5.41, 5.74) is 0. The van der Waals surface area contributed by atoms with Gasteiger partial charge in [-0.15, -0.1) is 0 Å². The first-order valence-electron chi connectivity index (χ1n) is 4.79. The highest BCUT2D eigenvalue weighted by Gasteiger charge is 2.09. The molecule has 0 radical (unpaired) electrons. The summed E-state index contributed by atoms with van der Waals surface area (Å²) in [6.07, 6.45) is 1.21. The van der Waals surface area contributed by atoms with Crippen LogP contribution in [0.25, 0.3) is 0 Å². The van der Waals surface area contributed by atoms with Crippen LogP contribution >= 0.6 is 0 Å². The largest absolute Gasteiger partial charge is 0.299 e. The summed E-state index contributed by atoms with van der Waals surface area (Å²) in [7, 11) is -1.34. The van der Waals surface area contributed by atoms with Crippen molar-refractivity contribution in [2.24, 2.45) is 0 Å². The Bertz CT molecular complexity index is 359. The van der Waals surface area contributed by atoms with Gasteiger partial charge in [0, 0.05) is 11.3 Å². The van der Waals surface area contributed by atoms with Crippen LogP contribution in [0, 0.1) is 5.82 Å². The molecule has 1 aromatic carbocycles. The number of Topliss-reactive ketones (excluding diaryl/α,β-unsaturated/α-hetero) is 1. The van der Waals surface area contributed by atoms with Gasteiger partial charge in [0.2, 0.25) is 0 Å². The summed E-state index contributed by atoms with van der Waals surface area (Å²) < 4.78 is 24.2. The second-order valence-electron chi connectivity index (χ2n) is 3.23. The maximum Gasteiger partial charge on any atom is 0.145 e. The van der Waals surface area contributed by atoms with Crippen molar-refractivity contribution in [2.75, 3.05) is 5.75 Å². The summed E-state index contributed by atoms with van der Waals surface area (Å²) in [5, 5.41) is 0. The van der Waals surface area contributed by atoms with Crippen LogP contribution in [-0.4, -0.2) is 15.7 Å². The smallest absolute Gasteiger partial charge is 0.145 e. The third-order valence-corrected chi connectivity index (χ3v) is 3.28. The molecule has 0 aromatic heterocycles. The van der Waals surface area contributed by atoms with Gasteiger partial charge in [-0.05, 0) is 30.7 Å². The Morgan fingerprint density at radius 3 is 2.47 bits per heavy atom. The third kappa shape index (κ3) is 3.91. The van der Waals surface area contributed by atoms with E-state index in [2.05, 4.69) is 0 Å². The molecule has 1 rings (SSSR count). The first-order chi connectivity index (χ1) is 7.13. The summed E-state index contributed by atoms with van der Waals surface area (Å²) in [5.74, 6) is -0.352. The maximum absolute atomic E-state index is 12.6. The number of ketones is 1. The molecule has 82 valence electrons. The monoisotopic (exact) mass is 228 g/mol. The number of carbonyl (C=O) groups excluding carboxylic acids is 1. The standard InChI is InChI=1S/C11H13FO2S/c1-2-3-10(13)8-15(14)11-6-4-9(12)5-7-11/h4-7H,2-3,8H2,1H3. The summed E-state index contributed by atoms with van der Waals surface area (Å²) in [6, 6.07) is 5.39. The topological polar surface area (TPSA) is 34.1 Å². The van der Waals surface area contributed by atoms with E-state index in [1.165, 1.54) is 24.3 Å². The molecule has 0 N–H and O–H groups in total. The normalized spacial score (nSPS) is 12.4. The third-order valence-electron chi connectivity index (χ3n) is 1.90. The quantitative estimate of drug-likeness (QED) is 0.775. The van der Waals surface area contributed by atoms with Crippen molar-refractivity contribution in [3.63, 3.8) is 0 Å². The lowest BCUT2D eigenvalue weighted by atomic mass is 10.3. The van der Waals surface area contributed by atoms with Crippen LogP contribution in [0.4, 0.5) is 4.39 Å². The van der Waals surface area contributed by atoms with Gasteiger partial charge in [0.1, 0.15) is 11.6 Å². The summed E-state index contributed by atoms with van der Waals surface area (Å²) in [4.78, 5) is 11.7. The molecule has 0 spiro atoms. The fourth-order valence-corrected chi connectivity index (χ4v) is 2.21. The van der Waals surface area contributed by atoms with E-state index >= 15 is 0 Å². The highest BCUT2D eigenvalue weighted by molar-refractivity contribution is 7.85. The Hall–Kier alpha value is -1.03. The molecule has 15 heavy (non-hydrogen) atoms. The molecule has 2 nitrogen and oxygen atoms in total. The Morgan fingerprint density at radius 2 is 1.93 bits per heavy atom. The van der Waals surface area contributed by atoms with Gasteiger partial charge in [0.05, 0.1) is 16.6 Å². The maximum atomic E-state index is 12.6. The lowest BCUT2D eigenvalue weighted by Crippen LogP contribution is -2.10. The predicted octanol–water partition coefficient (Wildman–Crippen LogP) is 2.30. The van der Waals surface area contributed by atoms with Gasteiger partial charge in [0.15, 0.2) is 0 Å². The van der Waals surface area contributed by atoms with Crippen molar-refractivity contribution in [3.05, 3.63) is 30.1 Å². The van der Waals surface area contributed by atoms with E-state index < -0.39 is 10.8 Å². The molecule has 0 aliphatic carbocycles. The van der Waals surface area contributed by atoms with E-state index in [-0.39, 0.29) is 17.4 Å². The lowest BCUT2D eigenvalue weighted by Gasteiger charge is -2.00. The zero-order chi connectivity index (χ0) is 11.3. The molecule has 0 heterocycles. The van der Waals surface area contributed by atoms with E-state index in [4.69, 9.17) is 0 Å². The minimum absolute atomic E-state index is 0.0137. The van der Waals surface area contributed by atoms with Gasteiger partial charge < -0.3 is 0 Å². The SMILES string of the molecule is CCCC(=O)CS(=O)c1ccc(F)cc1. The molecule has 1 atom stereocenters. The molecule has 0 aliphatic rings. The number of carbonyl (C=O) groups is 1. The van der Waals surface area contributed by atoms with Crippen LogP contribution in [0.1, 0.15) is 19.8 Å². The average Bonchev–Trinajstić information content (AvgIpc) is 2.18. The van der Waals surface area contributed by atoms with Gasteiger partial charge in [0.25, 0.3) is 0 Å². The molecule has 1 unspecified atom stereocenters. The van der Waals surface area contributed by atoms with E-state index in [1.807, 2.05) is 6.92 Å². The van der Waals surface area contributed by atoms with Gasteiger partial charge in [-0.25, -0.2) is 4.39 Å². The Balaban J connectivity index is 2.61. The van der Waals surface area contributed by atoms with Gasteiger partial charge in [-0.1, -0.05) is 6.92 Å². The number of hydrogen-bond donors (Lipinski definition) is 0. The first-order valence-corrected chi connectivity index (χ1v) is 6.11. The van der Waals surface area contributed by atoms with Crippen molar-refractivity contribution < 1.29 is 13.4 Å². The Morgan fingerprint density at radius 1 is 1.33 bits per heavy atom. The van der Waals surface area contributed by atoms with Crippen LogP contribution in [0.5, 0.6) is 0 Å². The number of rotatable bonds is 5. The van der Waals surface area contributed by atoms with Crippen LogP contribution < -0.4 is 0 Å². The zero-order valence-electron chi connectivity index (χ0n) is 8.53. The number of halogens is 1. The van der Waals surface area contributed by atoms with Gasteiger partial charge in [-0.3, -0.25) is 9.00 Å². The molecule has 0 saturated carbocycles. The van der Waals surface area contributed by atoms with Crippen molar-refractivity contribution in [3.8, 4) is 0 Å².